The third-order valence-corrected chi connectivity index (χ3v) is 5.45. The molecule has 6 heteroatoms. The normalized spacial score (nSPS) is 29.1. The van der Waals surface area contributed by atoms with Gasteiger partial charge in [-0.1, -0.05) is 60.7 Å². The van der Waals surface area contributed by atoms with E-state index in [1.807, 2.05) is 81.4 Å². The highest BCUT2D eigenvalue weighted by molar-refractivity contribution is 5.15. The van der Waals surface area contributed by atoms with Crippen molar-refractivity contribution >= 4 is 0 Å². The highest BCUT2D eigenvalue weighted by Crippen LogP contribution is 2.40. The van der Waals surface area contributed by atoms with E-state index < -0.39 is 18.2 Å². The fraction of sp³-hybridized carbons (Fsp3) is 0.478. The van der Waals surface area contributed by atoms with Crippen LogP contribution in [0.4, 0.5) is 0 Å². The van der Waals surface area contributed by atoms with Crippen molar-refractivity contribution in [2.45, 2.75) is 70.4 Å². The third-order valence-electron chi connectivity index (χ3n) is 5.45. The van der Waals surface area contributed by atoms with Gasteiger partial charge in [-0.2, -0.15) is 5.06 Å². The first-order valence-electron chi connectivity index (χ1n) is 10.1. The van der Waals surface area contributed by atoms with Gasteiger partial charge in [0.15, 0.2) is 12.1 Å². The standard InChI is InChI=1S/C23H29NO5/c1-16(24(25)14-17-10-6-4-7-11-17)19-20(26-15-18-12-8-5-9-13-18)21-22(27-19)29-23(2,3)28-21/h4-13,16,19-22,25H,14-15H2,1-3H3/t16-,19+,20-,21+,22+/m0/s1. The molecule has 29 heavy (non-hydrogen) atoms. The van der Waals surface area contributed by atoms with Crippen molar-refractivity contribution in [3.8, 4) is 0 Å². The molecule has 2 aliphatic rings. The predicted octanol–water partition coefficient (Wildman–Crippen LogP) is 3.73. The Balaban J connectivity index is 1.47. The number of nitrogens with zero attached hydrogens (tertiary/aromatic N) is 1. The molecule has 0 spiro atoms. The number of fused-ring (bicyclic) bond motifs is 1. The molecule has 4 rings (SSSR count). The lowest BCUT2D eigenvalue weighted by atomic mass is 10.0. The molecule has 5 atom stereocenters. The first-order valence-corrected chi connectivity index (χ1v) is 10.1. The molecule has 0 unspecified atom stereocenters. The molecule has 2 aromatic rings. The van der Waals surface area contributed by atoms with Crippen LogP contribution in [-0.2, 0) is 32.1 Å². The van der Waals surface area contributed by atoms with E-state index in [1.54, 1.807) is 0 Å². The van der Waals surface area contributed by atoms with Gasteiger partial charge in [-0.05, 0) is 31.9 Å². The van der Waals surface area contributed by atoms with Crippen molar-refractivity contribution in [2.75, 3.05) is 0 Å². The second-order valence-electron chi connectivity index (χ2n) is 8.15. The summed E-state index contributed by atoms with van der Waals surface area (Å²) in [7, 11) is 0. The van der Waals surface area contributed by atoms with Gasteiger partial charge in [0.05, 0.1) is 12.6 Å². The molecule has 0 radical (unpaired) electrons. The second-order valence-corrected chi connectivity index (χ2v) is 8.15. The highest BCUT2D eigenvalue weighted by atomic mass is 16.8. The number of rotatable bonds is 7. The van der Waals surface area contributed by atoms with Crippen molar-refractivity contribution in [1.82, 2.24) is 5.06 Å². The monoisotopic (exact) mass is 399 g/mol. The van der Waals surface area contributed by atoms with Gasteiger partial charge < -0.3 is 24.2 Å². The Hall–Kier alpha value is -1.80. The quantitative estimate of drug-likeness (QED) is 0.716. The smallest absolute Gasteiger partial charge is 0.190 e. The van der Waals surface area contributed by atoms with E-state index >= 15 is 0 Å². The number of hydrogen-bond donors (Lipinski definition) is 1. The molecule has 156 valence electrons. The zero-order chi connectivity index (χ0) is 20.4. The maximum Gasteiger partial charge on any atom is 0.190 e. The van der Waals surface area contributed by atoms with Crippen LogP contribution in [0.5, 0.6) is 0 Å². The van der Waals surface area contributed by atoms with Crippen LogP contribution in [0.1, 0.15) is 31.9 Å². The average molecular weight is 399 g/mol. The summed E-state index contributed by atoms with van der Waals surface area (Å²) in [6, 6.07) is 19.5. The predicted molar refractivity (Wildman–Crippen MR) is 107 cm³/mol. The Morgan fingerprint density at radius 2 is 1.62 bits per heavy atom. The molecular weight excluding hydrogens is 370 g/mol. The first kappa shape index (κ1) is 20.5. The second kappa shape index (κ2) is 8.52. The van der Waals surface area contributed by atoms with Gasteiger partial charge in [0, 0.05) is 6.54 Å². The summed E-state index contributed by atoms with van der Waals surface area (Å²) in [6.45, 7) is 6.51. The lowest BCUT2D eigenvalue weighted by molar-refractivity contribution is -0.242. The lowest BCUT2D eigenvalue weighted by Crippen LogP contribution is -2.47. The van der Waals surface area contributed by atoms with Crippen LogP contribution in [0.15, 0.2) is 60.7 Å². The molecule has 2 fully saturated rings. The molecule has 6 nitrogen and oxygen atoms in total. The molecular formula is C23H29NO5. The minimum absolute atomic E-state index is 0.308. The van der Waals surface area contributed by atoms with Gasteiger partial charge in [0.1, 0.15) is 18.3 Å². The topological polar surface area (TPSA) is 60.4 Å². The fourth-order valence-electron chi connectivity index (χ4n) is 3.93. The van der Waals surface area contributed by atoms with Crippen LogP contribution < -0.4 is 0 Å². The molecule has 0 aromatic heterocycles. The molecule has 2 heterocycles. The molecule has 2 aliphatic heterocycles. The maximum absolute atomic E-state index is 10.7. The van der Waals surface area contributed by atoms with Crippen molar-refractivity contribution in [2.24, 2.45) is 0 Å². The first-order chi connectivity index (χ1) is 13.9. The summed E-state index contributed by atoms with van der Waals surface area (Å²) in [6.07, 6.45) is -1.60. The van der Waals surface area contributed by atoms with Crippen LogP contribution in [-0.4, -0.2) is 46.7 Å². The van der Waals surface area contributed by atoms with Gasteiger partial charge in [0.25, 0.3) is 0 Å². The fourth-order valence-corrected chi connectivity index (χ4v) is 3.93. The van der Waals surface area contributed by atoms with Gasteiger partial charge in [-0.25, -0.2) is 0 Å². The van der Waals surface area contributed by atoms with Crippen molar-refractivity contribution in [3.05, 3.63) is 71.8 Å². The van der Waals surface area contributed by atoms with Gasteiger partial charge in [-0.15, -0.1) is 0 Å². The van der Waals surface area contributed by atoms with Crippen LogP contribution in [0, 0.1) is 0 Å². The minimum atomic E-state index is -0.721. The Morgan fingerprint density at radius 3 is 2.28 bits per heavy atom. The summed E-state index contributed by atoms with van der Waals surface area (Å²) < 4.78 is 24.4. The third kappa shape index (κ3) is 4.69. The van der Waals surface area contributed by atoms with E-state index in [-0.39, 0.29) is 18.2 Å². The molecule has 2 saturated heterocycles. The van der Waals surface area contributed by atoms with E-state index in [0.717, 1.165) is 11.1 Å². The molecule has 0 bridgehead atoms. The molecule has 2 aromatic carbocycles. The highest BCUT2D eigenvalue weighted by Gasteiger charge is 2.57. The summed E-state index contributed by atoms with van der Waals surface area (Å²) >= 11 is 0. The Labute approximate surface area is 171 Å². The minimum Gasteiger partial charge on any atom is -0.368 e. The number of ether oxygens (including phenoxy) is 4. The van der Waals surface area contributed by atoms with Crippen molar-refractivity contribution in [3.63, 3.8) is 0 Å². The number of hydrogen-bond acceptors (Lipinski definition) is 6. The Morgan fingerprint density at radius 1 is 1.00 bits per heavy atom. The van der Waals surface area contributed by atoms with Gasteiger partial charge >= 0.3 is 0 Å². The summed E-state index contributed by atoms with van der Waals surface area (Å²) in [4.78, 5) is 0. The van der Waals surface area contributed by atoms with Crippen LogP contribution in [0.3, 0.4) is 0 Å². The van der Waals surface area contributed by atoms with Crippen molar-refractivity contribution < 1.29 is 24.2 Å². The number of hydroxylamine groups is 2. The summed E-state index contributed by atoms with van der Waals surface area (Å²) in [5.74, 6) is -0.721. The van der Waals surface area contributed by atoms with E-state index in [9.17, 15) is 5.21 Å². The van der Waals surface area contributed by atoms with Gasteiger partial charge in [0.2, 0.25) is 0 Å². The van der Waals surface area contributed by atoms with Crippen molar-refractivity contribution in [1.29, 1.82) is 0 Å². The lowest BCUT2D eigenvalue weighted by Gasteiger charge is -2.33. The van der Waals surface area contributed by atoms with Crippen LogP contribution in [0.25, 0.3) is 0 Å². The molecule has 0 saturated carbocycles. The van der Waals surface area contributed by atoms with E-state index in [4.69, 9.17) is 18.9 Å². The van der Waals surface area contributed by atoms with Crippen LogP contribution in [0.2, 0.25) is 0 Å². The summed E-state index contributed by atoms with van der Waals surface area (Å²) in [5.41, 5.74) is 2.10. The maximum atomic E-state index is 10.7. The zero-order valence-corrected chi connectivity index (χ0v) is 17.1. The SMILES string of the molecule is C[C@@H]([C@H]1O[C@@H]2OC(C)(C)O[C@@H]2[C@H]1OCc1ccccc1)N(O)Cc1ccccc1. The van der Waals surface area contributed by atoms with Gasteiger partial charge in [-0.3, -0.25) is 0 Å². The van der Waals surface area contributed by atoms with Crippen LogP contribution >= 0.6 is 0 Å². The molecule has 1 N–H and O–H groups in total. The largest absolute Gasteiger partial charge is 0.368 e. The van der Waals surface area contributed by atoms with E-state index in [0.29, 0.717) is 13.2 Å². The van der Waals surface area contributed by atoms with E-state index in [2.05, 4.69) is 0 Å². The zero-order valence-electron chi connectivity index (χ0n) is 17.1. The Bertz CT molecular complexity index is 784. The van der Waals surface area contributed by atoms with E-state index in [1.165, 1.54) is 5.06 Å². The average Bonchev–Trinajstić information content (AvgIpc) is 3.19. The summed E-state index contributed by atoms with van der Waals surface area (Å²) in [5, 5.41) is 12.0. The molecule has 0 aliphatic carbocycles. The Kier molecular flexibility index (Phi) is 6.01. The number of benzene rings is 2. The molecule has 0 amide bonds.